The molecule has 0 bridgehead atoms. The molecular formula is C28H29N5O3S. The summed E-state index contributed by atoms with van der Waals surface area (Å²) in [5, 5.41) is 11.3. The van der Waals surface area contributed by atoms with Crippen molar-refractivity contribution in [3.63, 3.8) is 0 Å². The Morgan fingerprint density at radius 2 is 1.68 bits per heavy atom. The van der Waals surface area contributed by atoms with Gasteiger partial charge in [-0.3, -0.25) is 4.90 Å². The number of pyridine rings is 1. The molecule has 1 saturated heterocycles. The molecule has 0 aliphatic carbocycles. The number of benzene rings is 2. The number of piperidine rings is 1. The van der Waals surface area contributed by atoms with Crippen molar-refractivity contribution in [2.24, 2.45) is 0 Å². The number of likely N-dealkylation sites (tertiary alicyclic amines) is 1. The van der Waals surface area contributed by atoms with Gasteiger partial charge >= 0.3 is 0 Å². The molecule has 9 heteroatoms. The van der Waals surface area contributed by atoms with Crippen molar-refractivity contribution in [1.29, 1.82) is 0 Å². The van der Waals surface area contributed by atoms with Crippen molar-refractivity contribution < 1.29 is 13.5 Å². The Hall–Kier alpha value is -3.53. The number of nitrogens with zero attached hydrogens (tertiary/aromatic N) is 5. The van der Waals surface area contributed by atoms with E-state index in [1.54, 1.807) is 55.7 Å². The fourth-order valence-corrected chi connectivity index (χ4v) is 6.73. The van der Waals surface area contributed by atoms with E-state index in [1.807, 2.05) is 6.07 Å². The molecule has 0 saturated carbocycles. The molecule has 1 aliphatic heterocycles. The zero-order valence-corrected chi connectivity index (χ0v) is 21.4. The Bertz CT molecular complexity index is 1650. The van der Waals surface area contributed by atoms with Gasteiger partial charge in [-0.2, -0.15) is 0 Å². The van der Waals surface area contributed by atoms with E-state index < -0.39 is 16.1 Å². The van der Waals surface area contributed by atoms with Crippen molar-refractivity contribution in [1.82, 2.24) is 23.4 Å². The Labute approximate surface area is 215 Å². The van der Waals surface area contributed by atoms with Crippen LogP contribution in [0.4, 0.5) is 0 Å². The van der Waals surface area contributed by atoms with Gasteiger partial charge in [0.05, 0.1) is 16.6 Å². The normalized spacial score (nSPS) is 16.5. The van der Waals surface area contributed by atoms with E-state index >= 15 is 0 Å². The topological polar surface area (TPSA) is 93.3 Å². The molecule has 1 atom stereocenters. The van der Waals surface area contributed by atoms with E-state index in [1.165, 1.54) is 9.54 Å². The van der Waals surface area contributed by atoms with Crippen LogP contribution in [0.2, 0.25) is 0 Å². The summed E-state index contributed by atoms with van der Waals surface area (Å²) in [6, 6.07) is 20.8. The lowest BCUT2D eigenvalue weighted by Crippen LogP contribution is -2.34. The third-order valence-electron chi connectivity index (χ3n) is 7.20. The lowest BCUT2D eigenvalue weighted by Gasteiger charge is -2.34. The fourth-order valence-electron chi connectivity index (χ4n) is 5.41. The first-order chi connectivity index (χ1) is 17.9. The first-order valence-electron chi connectivity index (χ1n) is 12.6. The van der Waals surface area contributed by atoms with Gasteiger partial charge in [0.15, 0.2) is 5.65 Å². The van der Waals surface area contributed by atoms with Gasteiger partial charge in [0, 0.05) is 37.3 Å². The number of rotatable bonds is 6. The molecule has 1 unspecified atom stereocenters. The van der Waals surface area contributed by atoms with Crippen LogP contribution in [0.25, 0.3) is 22.1 Å². The summed E-state index contributed by atoms with van der Waals surface area (Å²) in [5.41, 5.74) is 3.14. The van der Waals surface area contributed by atoms with Gasteiger partial charge < -0.3 is 9.67 Å². The maximum absolute atomic E-state index is 13.4. The van der Waals surface area contributed by atoms with Crippen LogP contribution < -0.4 is 0 Å². The van der Waals surface area contributed by atoms with E-state index in [0.717, 1.165) is 38.0 Å². The molecule has 1 aliphatic rings. The van der Waals surface area contributed by atoms with Crippen molar-refractivity contribution in [2.45, 2.75) is 43.4 Å². The van der Waals surface area contributed by atoms with Crippen LogP contribution in [-0.2, 0) is 16.6 Å². The first-order valence-corrected chi connectivity index (χ1v) is 14.0. The SMILES string of the molecule is CC(O)c1nc2cnc3c(ccn3S(=O)(=O)c3ccccc3)c2n1C1CCN(Cc2ccccc2)CC1. The monoisotopic (exact) mass is 515 g/mol. The van der Waals surface area contributed by atoms with Gasteiger partial charge in [0.1, 0.15) is 17.4 Å². The smallest absolute Gasteiger partial charge is 0.269 e. The summed E-state index contributed by atoms with van der Waals surface area (Å²) in [4.78, 5) is 11.9. The largest absolute Gasteiger partial charge is 0.385 e. The van der Waals surface area contributed by atoms with Crippen LogP contribution in [0.1, 0.15) is 43.3 Å². The lowest BCUT2D eigenvalue weighted by molar-refractivity contribution is 0.157. The predicted molar refractivity (Wildman–Crippen MR) is 143 cm³/mol. The number of aromatic nitrogens is 4. The van der Waals surface area contributed by atoms with Gasteiger partial charge in [-0.15, -0.1) is 0 Å². The second-order valence-corrected chi connectivity index (χ2v) is 11.5. The molecule has 8 nitrogen and oxygen atoms in total. The highest BCUT2D eigenvalue weighted by molar-refractivity contribution is 7.90. The van der Waals surface area contributed by atoms with Crippen LogP contribution >= 0.6 is 0 Å². The minimum atomic E-state index is -3.81. The highest BCUT2D eigenvalue weighted by Gasteiger charge is 2.29. The van der Waals surface area contributed by atoms with Crippen molar-refractivity contribution in [3.05, 3.63) is 90.5 Å². The number of fused-ring (bicyclic) bond motifs is 3. The highest BCUT2D eigenvalue weighted by Crippen LogP contribution is 2.35. The Morgan fingerprint density at radius 3 is 2.35 bits per heavy atom. The standard InChI is InChI=1S/C28H29N5O3S/c1-20(34)27-30-25-18-29-28-24(14-17-32(28)37(35,36)23-10-6-3-7-11-23)26(25)33(27)22-12-15-31(16-13-22)19-21-8-4-2-5-9-21/h2-11,14,17-18,20,22,34H,12-13,15-16,19H2,1H3. The zero-order valence-electron chi connectivity index (χ0n) is 20.6. The molecule has 2 aromatic carbocycles. The Kier molecular flexibility index (Phi) is 6.06. The molecule has 5 aromatic rings. The third kappa shape index (κ3) is 4.22. The van der Waals surface area contributed by atoms with Crippen molar-refractivity contribution >= 4 is 32.1 Å². The maximum Gasteiger partial charge on any atom is 0.269 e. The lowest BCUT2D eigenvalue weighted by atomic mass is 10.0. The number of imidazole rings is 1. The van der Waals surface area contributed by atoms with E-state index in [0.29, 0.717) is 22.4 Å². The minimum absolute atomic E-state index is 0.140. The molecular weight excluding hydrogens is 486 g/mol. The van der Waals surface area contributed by atoms with Gasteiger partial charge in [0.25, 0.3) is 10.0 Å². The summed E-state index contributed by atoms with van der Waals surface area (Å²) < 4.78 is 30.1. The Balaban J connectivity index is 1.39. The van der Waals surface area contributed by atoms with Crippen LogP contribution in [0.5, 0.6) is 0 Å². The van der Waals surface area contributed by atoms with Gasteiger partial charge in [0.2, 0.25) is 0 Å². The number of hydrogen-bond acceptors (Lipinski definition) is 6. The molecule has 1 fully saturated rings. The second-order valence-electron chi connectivity index (χ2n) is 9.67. The average Bonchev–Trinajstić information content (AvgIpc) is 3.53. The molecule has 0 amide bonds. The number of aliphatic hydroxyl groups excluding tert-OH is 1. The van der Waals surface area contributed by atoms with Crippen LogP contribution in [-0.4, -0.2) is 50.0 Å². The molecule has 3 aromatic heterocycles. The predicted octanol–water partition coefficient (Wildman–Crippen LogP) is 4.51. The maximum atomic E-state index is 13.4. The van der Waals surface area contributed by atoms with Crippen molar-refractivity contribution in [2.75, 3.05) is 13.1 Å². The molecule has 4 heterocycles. The number of hydrogen-bond donors (Lipinski definition) is 1. The summed E-state index contributed by atoms with van der Waals surface area (Å²) in [5.74, 6) is 0.587. The van der Waals surface area contributed by atoms with E-state index in [9.17, 15) is 13.5 Å². The van der Waals surface area contributed by atoms with E-state index in [-0.39, 0.29) is 10.9 Å². The summed E-state index contributed by atoms with van der Waals surface area (Å²) in [7, 11) is -3.81. The van der Waals surface area contributed by atoms with Crippen LogP contribution in [0.3, 0.4) is 0 Å². The minimum Gasteiger partial charge on any atom is -0.385 e. The first kappa shape index (κ1) is 23.8. The fraction of sp³-hybridized carbons (Fsp3) is 0.286. The van der Waals surface area contributed by atoms with Crippen molar-refractivity contribution in [3.8, 4) is 0 Å². The summed E-state index contributed by atoms with van der Waals surface area (Å²) in [6.07, 6.45) is 4.22. The number of aliphatic hydroxyl groups is 1. The molecule has 190 valence electrons. The molecule has 37 heavy (non-hydrogen) atoms. The van der Waals surface area contributed by atoms with E-state index in [4.69, 9.17) is 4.98 Å². The molecule has 1 N–H and O–H groups in total. The molecule has 0 spiro atoms. The van der Waals surface area contributed by atoms with Crippen LogP contribution in [0.15, 0.2) is 84.0 Å². The quantitative estimate of drug-likeness (QED) is 0.358. The third-order valence-corrected chi connectivity index (χ3v) is 8.88. The van der Waals surface area contributed by atoms with Gasteiger partial charge in [-0.05, 0) is 43.5 Å². The molecule has 0 radical (unpaired) electrons. The highest BCUT2D eigenvalue weighted by atomic mass is 32.2. The summed E-state index contributed by atoms with van der Waals surface area (Å²) in [6.45, 7) is 4.49. The van der Waals surface area contributed by atoms with Gasteiger partial charge in [-0.1, -0.05) is 48.5 Å². The summed E-state index contributed by atoms with van der Waals surface area (Å²) >= 11 is 0. The van der Waals surface area contributed by atoms with E-state index in [2.05, 4.69) is 38.7 Å². The van der Waals surface area contributed by atoms with Gasteiger partial charge in [-0.25, -0.2) is 22.4 Å². The molecule has 6 rings (SSSR count). The average molecular weight is 516 g/mol. The second kappa shape index (κ2) is 9.41. The zero-order chi connectivity index (χ0) is 25.6. The Morgan fingerprint density at radius 1 is 1.00 bits per heavy atom. The van der Waals surface area contributed by atoms with Crippen LogP contribution in [0, 0.1) is 0 Å².